The van der Waals surface area contributed by atoms with E-state index in [1.165, 1.54) is 19.3 Å². The summed E-state index contributed by atoms with van der Waals surface area (Å²) in [5, 5.41) is 3.53. The summed E-state index contributed by atoms with van der Waals surface area (Å²) in [5.74, 6) is 1.74. The van der Waals surface area contributed by atoms with Gasteiger partial charge in [0.25, 0.3) is 0 Å². The monoisotopic (exact) mass is 203 g/mol. The van der Waals surface area contributed by atoms with E-state index >= 15 is 0 Å². The van der Waals surface area contributed by atoms with Crippen molar-refractivity contribution in [2.24, 2.45) is 5.92 Å². The van der Waals surface area contributed by atoms with Crippen molar-refractivity contribution in [2.75, 3.05) is 18.6 Å². The summed E-state index contributed by atoms with van der Waals surface area (Å²) in [4.78, 5) is 0. The molecule has 3 heteroatoms. The molecule has 1 fully saturated rings. The van der Waals surface area contributed by atoms with Crippen molar-refractivity contribution < 1.29 is 4.21 Å². The lowest BCUT2D eigenvalue weighted by Gasteiger charge is -2.11. The Morgan fingerprint density at radius 3 is 2.77 bits per heavy atom. The highest BCUT2D eigenvalue weighted by atomic mass is 32.2. The minimum Gasteiger partial charge on any atom is -0.314 e. The Kier molecular flexibility index (Phi) is 4.96. The fourth-order valence-electron chi connectivity index (χ4n) is 1.97. The third-order valence-corrected chi connectivity index (χ3v) is 3.60. The highest BCUT2D eigenvalue weighted by molar-refractivity contribution is 7.84. The maximum absolute atomic E-state index is 10.8. The first-order valence-electron chi connectivity index (χ1n) is 5.22. The van der Waals surface area contributed by atoms with Gasteiger partial charge in [-0.15, -0.1) is 0 Å². The molecule has 2 nitrogen and oxygen atoms in total. The number of nitrogens with one attached hydrogen (secondary N) is 1. The molecule has 78 valence electrons. The Morgan fingerprint density at radius 1 is 1.46 bits per heavy atom. The summed E-state index contributed by atoms with van der Waals surface area (Å²) >= 11 is 0. The van der Waals surface area contributed by atoms with Crippen molar-refractivity contribution >= 4 is 10.8 Å². The SMILES string of the molecule is CC1CCC(NCCCS(C)=O)C1. The average Bonchev–Trinajstić information content (AvgIpc) is 2.45. The van der Waals surface area contributed by atoms with Crippen LogP contribution in [0.3, 0.4) is 0 Å². The lowest BCUT2D eigenvalue weighted by Crippen LogP contribution is -2.28. The first-order valence-corrected chi connectivity index (χ1v) is 6.94. The summed E-state index contributed by atoms with van der Waals surface area (Å²) in [7, 11) is -0.616. The van der Waals surface area contributed by atoms with Crippen LogP contribution in [0, 0.1) is 5.92 Å². The second-order valence-corrected chi connectivity index (χ2v) is 5.75. The van der Waals surface area contributed by atoms with E-state index in [0.717, 1.165) is 30.7 Å². The van der Waals surface area contributed by atoms with Crippen LogP contribution in [0.5, 0.6) is 0 Å². The summed E-state index contributed by atoms with van der Waals surface area (Å²) in [5.41, 5.74) is 0. The lowest BCUT2D eigenvalue weighted by atomic mass is 10.1. The first kappa shape index (κ1) is 11.2. The molecule has 0 aromatic carbocycles. The van der Waals surface area contributed by atoms with Crippen molar-refractivity contribution in [2.45, 2.75) is 38.6 Å². The van der Waals surface area contributed by atoms with E-state index in [2.05, 4.69) is 12.2 Å². The zero-order valence-electron chi connectivity index (χ0n) is 8.71. The molecule has 0 bridgehead atoms. The van der Waals surface area contributed by atoms with Crippen molar-refractivity contribution in [3.05, 3.63) is 0 Å². The molecular formula is C10H21NOS. The molecule has 1 N–H and O–H groups in total. The molecule has 13 heavy (non-hydrogen) atoms. The first-order chi connectivity index (χ1) is 6.18. The van der Waals surface area contributed by atoms with E-state index in [9.17, 15) is 4.21 Å². The standard InChI is InChI=1S/C10H21NOS/c1-9-4-5-10(8-9)11-6-3-7-13(2)12/h9-11H,3-8H2,1-2H3. The molecule has 0 amide bonds. The number of rotatable bonds is 5. The van der Waals surface area contributed by atoms with Crippen LogP contribution in [0.2, 0.25) is 0 Å². The molecule has 1 aliphatic rings. The molecule has 3 atom stereocenters. The van der Waals surface area contributed by atoms with Gasteiger partial charge in [0.15, 0.2) is 0 Å². The van der Waals surface area contributed by atoms with Crippen LogP contribution < -0.4 is 5.32 Å². The zero-order chi connectivity index (χ0) is 9.68. The minimum atomic E-state index is -0.616. The van der Waals surface area contributed by atoms with Crippen molar-refractivity contribution in [1.29, 1.82) is 0 Å². The highest BCUT2D eigenvalue weighted by Gasteiger charge is 2.19. The van der Waals surface area contributed by atoms with E-state index in [-0.39, 0.29) is 0 Å². The molecule has 0 aromatic rings. The molecular weight excluding hydrogens is 182 g/mol. The van der Waals surface area contributed by atoms with Gasteiger partial charge in [0.2, 0.25) is 0 Å². The second-order valence-electron chi connectivity index (χ2n) is 4.20. The minimum absolute atomic E-state index is 0.616. The summed E-state index contributed by atoms with van der Waals surface area (Å²) in [6, 6.07) is 0.736. The van der Waals surface area contributed by atoms with Gasteiger partial charge in [-0.3, -0.25) is 4.21 Å². The van der Waals surface area contributed by atoms with Crippen molar-refractivity contribution in [1.82, 2.24) is 5.32 Å². The van der Waals surface area contributed by atoms with Crippen molar-refractivity contribution in [3.8, 4) is 0 Å². The van der Waals surface area contributed by atoms with Crippen LogP contribution in [0.25, 0.3) is 0 Å². The van der Waals surface area contributed by atoms with E-state index in [1.54, 1.807) is 6.26 Å². The predicted molar refractivity (Wildman–Crippen MR) is 58.4 cm³/mol. The summed E-state index contributed by atoms with van der Waals surface area (Å²) in [6.45, 7) is 3.36. The maximum atomic E-state index is 10.8. The average molecular weight is 203 g/mol. The van der Waals surface area contributed by atoms with E-state index in [4.69, 9.17) is 0 Å². The number of hydrogen-bond donors (Lipinski definition) is 1. The van der Waals surface area contributed by atoms with Crippen LogP contribution in [-0.2, 0) is 10.8 Å². The van der Waals surface area contributed by atoms with Crippen LogP contribution in [-0.4, -0.2) is 28.8 Å². The van der Waals surface area contributed by atoms with Gasteiger partial charge in [-0.1, -0.05) is 6.92 Å². The number of hydrogen-bond acceptors (Lipinski definition) is 2. The third-order valence-electron chi connectivity index (χ3n) is 2.74. The van der Waals surface area contributed by atoms with E-state index in [0.29, 0.717) is 0 Å². The third kappa shape index (κ3) is 4.77. The van der Waals surface area contributed by atoms with Gasteiger partial charge in [-0.2, -0.15) is 0 Å². The zero-order valence-corrected chi connectivity index (χ0v) is 9.53. The molecule has 1 rings (SSSR count). The Hall–Kier alpha value is 0.110. The van der Waals surface area contributed by atoms with Crippen LogP contribution in [0.15, 0.2) is 0 Å². The molecule has 0 spiro atoms. The Morgan fingerprint density at radius 2 is 2.23 bits per heavy atom. The highest BCUT2D eigenvalue weighted by Crippen LogP contribution is 2.24. The second kappa shape index (κ2) is 5.76. The van der Waals surface area contributed by atoms with Gasteiger partial charge in [0.1, 0.15) is 0 Å². The predicted octanol–water partition coefficient (Wildman–Crippen LogP) is 1.53. The largest absolute Gasteiger partial charge is 0.314 e. The lowest BCUT2D eigenvalue weighted by molar-refractivity contribution is 0.503. The van der Waals surface area contributed by atoms with Gasteiger partial charge in [0.05, 0.1) is 0 Å². The van der Waals surface area contributed by atoms with Gasteiger partial charge in [-0.25, -0.2) is 0 Å². The molecule has 3 unspecified atom stereocenters. The van der Waals surface area contributed by atoms with Gasteiger partial charge in [0, 0.05) is 28.9 Å². The smallest absolute Gasteiger partial charge is 0.0244 e. The van der Waals surface area contributed by atoms with Crippen LogP contribution >= 0.6 is 0 Å². The summed E-state index contributed by atoms with van der Waals surface area (Å²) < 4.78 is 10.8. The topological polar surface area (TPSA) is 29.1 Å². The van der Waals surface area contributed by atoms with Crippen molar-refractivity contribution in [3.63, 3.8) is 0 Å². The molecule has 0 radical (unpaired) electrons. The molecule has 0 heterocycles. The van der Waals surface area contributed by atoms with Crippen LogP contribution in [0.1, 0.15) is 32.6 Å². The fourth-order valence-corrected chi connectivity index (χ4v) is 2.52. The Labute approximate surface area is 83.9 Å². The maximum Gasteiger partial charge on any atom is 0.0244 e. The van der Waals surface area contributed by atoms with Gasteiger partial charge < -0.3 is 5.32 Å². The normalized spacial score (nSPS) is 30.6. The van der Waals surface area contributed by atoms with E-state index < -0.39 is 10.8 Å². The van der Waals surface area contributed by atoms with Crippen LogP contribution in [0.4, 0.5) is 0 Å². The molecule has 1 saturated carbocycles. The Balaban J connectivity index is 1.97. The summed E-state index contributed by atoms with van der Waals surface area (Å²) in [6.07, 6.45) is 6.86. The van der Waals surface area contributed by atoms with E-state index in [1.807, 2.05) is 0 Å². The quantitative estimate of drug-likeness (QED) is 0.687. The molecule has 0 aromatic heterocycles. The molecule has 0 saturated heterocycles. The van der Waals surface area contributed by atoms with Gasteiger partial charge in [-0.05, 0) is 38.1 Å². The molecule has 0 aliphatic heterocycles. The molecule has 1 aliphatic carbocycles. The van der Waals surface area contributed by atoms with Gasteiger partial charge >= 0.3 is 0 Å². The fraction of sp³-hybridized carbons (Fsp3) is 1.00. The Bertz CT molecular complexity index is 172.